The number of amides is 1. The van der Waals surface area contributed by atoms with Crippen molar-refractivity contribution >= 4 is 11.6 Å². The van der Waals surface area contributed by atoms with Gasteiger partial charge < -0.3 is 15.5 Å². The van der Waals surface area contributed by atoms with Crippen LogP contribution in [0.1, 0.15) is 18.1 Å². The van der Waals surface area contributed by atoms with Crippen LogP contribution in [0, 0.1) is 0 Å². The van der Waals surface area contributed by atoms with Crippen molar-refractivity contribution in [3.8, 4) is 5.75 Å². The Morgan fingerprint density at radius 1 is 1.05 bits per heavy atom. The Labute approximate surface area is 111 Å². The zero-order valence-electron chi connectivity index (χ0n) is 10.3. The molecule has 0 aliphatic rings. The first-order valence-electron chi connectivity index (χ1n) is 5.97. The maximum absolute atomic E-state index is 11.7. The molecule has 2 aromatic carbocycles. The quantitative estimate of drug-likeness (QED) is 0.737. The highest BCUT2D eigenvalue weighted by Gasteiger charge is 2.12. The average Bonchev–Trinajstić information content (AvgIpc) is 2.42. The molecule has 1 atom stereocenters. The predicted octanol–water partition coefficient (Wildman–Crippen LogP) is 2.45. The van der Waals surface area contributed by atoms with Crippen molar-refractivity contribution in [2.24, 2.45) is 0 Å². The van der Waals surface area contributed by atoms with Gasteiger partial charge in [0.05, 0.1) is 12.5 Å². The number of carbonyl (C=O) groups is 1. The number of aromatic hydroxyl groups is 1. The number of carbonyl (C=O) groups excluding carboxylic acids is 1. The smallest absolute Gasteiger partial charge is 0.227 e. The van der Waals surface area contributed by atoms with E-state index < -0.39 is 6.10 Å². The third kappa shape index (κ3) is 3.82. The zero-order chi connectivity index (χ0) is 13.7. The number of hydrogen-bond donors (Lipinski definition) is 3. The number of aliphatic hydroxyl groups excluding tert-OH is 1. The van der Waals surface area contributed by atoms with Crippen molar-refractivity contribution in [2.75, 3.05) is 5.32 Å². The number of anilines is 1. The van der Waals surface area contributed by atoms with Crippen LogP contribution in [0.25, 0.3) is 0 Å². The first-order valence-corrected chi connectivity index (χ1v) is 5.97. The van der Waals surface area contributed by atoms with Crippen molar-refractivity contribution in [3.63, 3.8) is 0 Å². The van der Waals surface area contributed by atoms with Gasteiger partial charge in [0.2, 0.25) is 5.91 Å². The maximum Gasteiger partial charge on any atom is 0.227 e. The molecule has 0 saturated heterocycles. The van der Waals surface area contributed by atoms with Gasteiger partial charge in [-0.1, -0.05) is 30.3 Å². The van der Waals surface area contributed by atoms with Crippen molar-refractivity contribution < 1.29 is 15.0 Å². The molecule has 0 bridgehead atoms. The second kappa shape index (κ2) is 6.02. The highest BCUT2D eigenvalue weighted by Crippen LogP contribution is 2.18. The van der Waals surface area contributed by atoms with Gasteiger partial charge in [-0.25, -0.2) is 0 Å². The number of phenols is 1. The van der Waals surface area contributed by atoms with E-state index in [-0.39, 0.29) is 18.1 Å². The molecule has 1 unspecified atom stereocenters. The summed E-state index contributed by atoms with van der Waals surface area (Å²) in [6, 6.07) is 15.2. The number of hydrogen-bond acceptors (Lipinski definition) is 3. The van der Waals surface area contributed by atoms with E-state index in [9.17, 15) is 9.90 Å². The standard InChI is InChI=1S/C15H15NO3/c17-13-8-6-12(7-9-13)16-15(19)10-14(18)11-4-2-1-3-5-11/h1-9,14,17-18H,10H2,(H,16,19). The van der Waals surface area contributed by atoms with Crippen LogP contribution in [-0.4, -0.2) is 16.1 Å². The fourth-order valence-corrected chi connectivity index (χ4v) is 1.73. The van der Waals surface area contributed by atoms with Crippen LogP contribution in [0.4, 0.5) is 5.69 Å². The van der Waals surface area contributed by atoms with E-state index in [1.165, 1.54) is 12.1 Å². The van der Waals surface area contributed by atoms with Crippen LogP contribution in [0.2, 0.25) is 0 Å². The van der Waals surface area contributed by atoms with E-state index in [0.717, 1.165) is 0 Å². The largest absolute Gasteiger partial charge is 0.508 e. The van der Waals surface area contributed by atoms with Crippen LogP contribution in [0.15, 0.2) is 54.6 Å². The minimum atomic E-state index is -0.821. The van der Waals surface area contributed by atoms with Gasteiger partial charge in [-0.3, -0.25) is 4.79 Å². The van der Waals surface area contributed by atoms with Gasteiger partial charge in [0, 0.05) is 5.69 Å². The number of nitrogens with one attached hydrogen (secondary N) is 1. The highest BCUT2D eigenvalue weighted by molar-refractivity contribution is 5.91. The average molecular weight is 257 g/mol. The number of phenolic OH excluding ortho intramolecular Hbond substituents is 1. The summed E-state index contributed by atoms with van der Waals surface area (Å²) in [5.74, 6) is -0.135. The lowest BCUT2D eigenvalue weighted by atomic mass is 10.1. The minimum absolute atomic E-state index is 0.00904. The molecule has 4 nitrogen and oxygen atoms in total. The second-order valence-electron chi connectivity index (χ2n) is 4.23. The van der Waals surface area contributed by atoms with E-state index in [1.54, 1.807) is 24.3 Å². The van der Waals surface area contributed by atoms with E-state index >= 15 is 0 Å². The molecule has 3 N–H and O–H groups in total. The molecule has 2 aromatic rings. The van der Waals surface area contributed by atoms with Gasteiger partial charge in [-0.05, 0) is 29.8 Å². The van der Waals surface area contributed by atoms with Gasteiger partial charge in [-0.15, -0.1) is 0 Å². The Bertz CT molecular complexity index is 537. The van der Waals surface area contributed by atoms with Gasteiger partial charge in [0.25, 0.3) is 0 Å². The second-order valence-corrected chi connectivity index (χ2v) is 4.23. The molecule has 0 fully saturated rings. The Hall–Kier alpha value is -2.33. The SMILES string of the molecule is O=C(CC(O)c1ccccc1)Nc1ccc(O)cc1. The Kier molecular flexibility index (Phi) is 4.15. The Balaban J connectivity index is 1.93. The Morgan fingerprint density at radius 2 is 1.68 bits per heavy atom. The molecular formula is C15H15NO3. The van der Waals surface area contributed by atoms with Gasteiger partial charge in [0.15, 0.2) is 0 Å². The topological polar surface area (TPSA) is 69.6 Å². The molecule has 0 aliphatic heterocycles. The molecule has 2 rings (SSSR count). The van der Waals surface area contributed by atoms with Crippen LogP contribution >= 0.6 is 0 Å². The van der Waals surface area contributed by atoms with E-state index in [0.29, 0.717) is 11.3 Å². The summed E-state index contributed by atoms with van der Waals surface area (Å²) in [5, 5.41) is 21.7. The monoisotopic (exact) mass is 257 g/mol. The summed E-state index contributed by atoms with van der Waals surface area (Å²) >= 11 is 0. The van der Waals surface area contributed by atoms with Crippen molar-refractivity contribution in [1.29, 1.82) is 0 Å². The van der Waals surface area contributed by atoms with Crippen LogP contribution in [-0.2, 0) is 4.79 Å². The lowest BCUT2D eigenvalue weighted by Gasteiger charge is -2.11. The van der Waals surface area contributed by atoms with Crippen LogP contribution in [0.3, 0.4) is 0 Å². The lowest BCUT2D eigenvalue weighted by Crippen LogP contribution is -2.15. The van der Waals surface area contributed by atoms with E-state index in [4.69, 9.17) is 5.11 Å². The predicted molar refractivity (Wildman–Crippen MR) is 72.8 cm³/mol. The summed E-state index contributed by atoms with van der Waals surface area (Å²) in [6.45, 7) is 0. The summed E-state index contributed by atoms with van der Waals surface area (Å²) in [7, 11) is 0. The fourth-order valence-electron chi connectivity index (χ4n) is 1.73. The van der Waals surface area contributed by atoms with Crippen LogP contribution < -0.4 is 5.32 Å². The van der Waals surface area contributed by atoms with Crippen molar-refractivity contribution in [1.82, 2.24) is 0 Å². The Morgan fingerprint density at radius 3 is 2.32 bits per heavy atom. The molecule has 19 heavy (non-hydrogen) atoms. The molecular weight excluding hydrogens is 242 g/mol. The number of benzene rings is 2. The van der Waals surface area contributed by atoms with Gasteiger partial charge in [0.1, 0.15) is 5.75 Å². The molecule has 1 amide bonds. The van der Waals surface area contributed by atoms with Gasteiger partial charge in [-0.2, -0.15) is 0 Å². The van der Waals surface area contributed by atoms with Gasteiger partial charge >= 0.3 is 0 Å². The third-order valence-electron chi connectivity index (χ3n) is 2.71. The molecule has 0 aliphatic carbocycles. The van der Waals surface area contributed by atoms with E-state index in [2.05, 4.69) is 5.32 Å². The fraction of sp³-hybridized carbons (Fsp3) is 0.133. The first-order chi connectivity index (χ1) is 9.15. The molecule has 98 valence electrons. The molecule has 0 saturated carbocycles. The highest BCUT2D eigenvalue weighted by atomic mass is 16.3. The molecule has 0 heterocycles. The summed E-state index contributed by atoms with van der Waals surface area (Å²) < 4.78 is 0. The molecule has 0 spiro atoms. The first kappa shape index (κ1) is 13.1. The molecule has 0 radical (unpaired) electrons. The third-order valence-corrected chi connectivity index (χ3v) is 2.71. The zero-order valence-corrected chi connectivity index (χ0v) is 10.3. The lowest BCUT2D eigenvalue weighted by molar-refractivity contribution is -0.118. The van der Waals surface area contributed by atoms with Crippen LogP contribution in [0.5, 0.6) is 5.75 Å². The minimum Gasteiger partial charge on any atom is -0.508 e. The normalized spacial score (nSPS) is 11.8. The maximum atomic E-state index is 11.7. The summed E-state index contributed by atoms with van der Waals surface area (Å²) in [4.78, 5) is 11.7. The number of rotatable bonds is 4. The number of aliphatic hydroxyl groups is 1. The summed E-state index contributed by atoms with van der Waals surface area (Å²) in [6.07, 6.45) is -0.830. The molecule has 4 heteroatoms. The van der Waals surface area contributed by atoms with Crippen molar-refractivity contribution in [3.05, 3.63) is 60.2 Å². The van der Waals surface area contributed by atoms with Crippen molar-refractivity contribution in [2.45, 2.75) is 12.5 Å². The molecule has 0 aromatic heterocycles. The summed E-state index contributed by atoms with van der Waals surface area (Å²) in [5.41, 5.74) is 1.30. The van der Waals surface area contributed by atoms with E-state index in [1.807, 2.05) is 18.2 Å².